The minimum Gasteiger partial charge on any atom is -0.406 e. The van der Waals surface area contributed by atoms with E-state index < -0.39 is 26.2 Å². The summed E-state index contributed by atoms with van der Waals surface area (Å²) >= 11 is 1.99. The Hall–Kier alpha value is -2.37. The lowest BCUT2D eigenvalue weighted by molar-refractivity contribution is -0.274. The smallest absolute Gasteiger partial charge is 0.406 e. The second-order valence-corrected chi connectivity index (χ2v) is 10.1. The quantitative estimate of drug-likeness (QED) is 0.166. The number of ether oxygens (including phenoxy) is 1. The van der Waals surface area contributed by atoms with Gasteiger partial charge in [-0.3, -0.25) is 0 Å². The SMILES string of the molecule is N#Cc1cccc(C=NOC2CCN(S(=O)(=O)c3ccc(OC(F)(F)F)cc3)C(I)C2)c1. The van der Waals surface area contributed by atoms with Gasteiger partial charge in [0.25, 0.3) is 0 Å². The van der Waals surface area contributed by atoms with Gasteiger partial charge in [0.1, 0.15) is 11.9 Å². The van der Waals surface area contributed by atoms with Crippen LogP contribution in [0.5, 0.6) is 5.75 Å². The van der Waals surface area contributed by atoms with Crippen molar-refractivity contribution < 1.29 is 31.2 Å². The van der Waals surface area contributed by atoms with Crippen LogP contribution >= 0.6 is 22.6 Å². The summed E-state index contributed by atoms with van der Waals surface area (Å²) in [4.78, 5) is 5.38. The van der Waals surface area contributed by atoms with E-state index >= 15 is 0 Å². The molecule has 2 aromatic carbocycles. The van der Waals surface area contributed by atoms with E-state index in [9.17, 15) is 21.6 Å². The molecule has 2 atom stereocenters. The third-order valence-electron chi connectivity index (χ3n) is 4.53. The molecule has 0 bridgehead atoms. The van der Waals surface area contributed by atoms with Crippen LogP contribution in [0.1, 0.15) is 24.0 Å². The van der Waals surface area contributed by atoms with Crippen molar-refractivity contribution >= 4 is 38.8 Å². The Labute approximate surface area is 196 Å². The highest BCUT2D eigenvalue weighted by molar-refractivity contribution is 14.1. The van der Waals surface area contributed by atoms with Crippen LogP contribution in [0.25, 0.3) is 0 Å². The van der Waals surface area contributed by atoms with Crippen molar-refractivity contribution in [2.45, 2.75) is 34.3 Å². The van der Waals surface area contributed by atoms with Gasteiger partial charge in [-0.05, 0) is 42.0 Å². The molecule has 1 saturated heterocycles. The number of oxime groups is 1. The van der Waals surface area contributed by atoms with Crippen molar-refractivity contribution in [1.29, 1.82) is 5.26 Å². The van der Waals surface area contributed by atoms with Crippen molar-refractivity contribution in [2.24, 2.45) is 5.16 Å². The van der Waals surface area contributed by atoms with Crippen LogP contribution in [0.3, 0.4) is 0 Å². The predicted octanol–water partition coefficient (Wildman–Crippen LogP) is 4.42. The highest BCUT2D eigenvalue weighted by Crippen LogP contribution is 2.31. The molecule has 0 radical (unpaired) electrons. The van der Waals surface area contributed by atoms with Crippen molar-refractivity contribution in [3.63, 3.8) is 0 Å². The molecule has 0 N–H and O–H groups in total. The zero-order valence-corrected chi connectivity index (χ0v) is 19.3. The predicted molar refractivity (Wildman–Crippen MR) is 118 cm³/mol. The summed E-state index contributed by atoms with van der Waals surface area (Å²) in [6.45, 7) is 0.168. The molecule has 0 aromatic heterocycles. The van der Waals surface area contributed by atoms with Gasteiger partial charge in [0.05, 0.1) is 26.8 Å². The first-order valence-corrected chi connectivity index (χ1v) is 12.0. The van der Waals surface area contributed by atoms with Gasteiger partial charge in [-0.15, -0.1) is 13.2 Å². The van der Waals surface area contributed by atoms with Crippen LogP contribution in [-0.4, -0.2) is 42.0 Å². The van der Waals surface area contributed by atoms with Crippen LogP contribution < -0.4 is 4.74 Å². The first kappa shape index (κ1) is 24.3. The first-order valence-electron chi connectivity index (χ1n) is 9.29. The van der Waals surface area contributed by atoms with Crippen LogP contribution in [0, 0.1) is 11.3 Å². The summed E-state index contributed by atoms with van der Waals surface area (Å²) in [6.07, 6.45) is -2.90. The van der Waals surface area contributed by atoms with Crippen molar-refractivity contribution in [3.05, 3.63) is 59.7 Å². The number of rotatable bonds is 6. The highest BCUT2D eigenvalue weighted by Gasteiger charge is 2.37. The second kappa shape index (κ2) is 10.1. The standard InChI is InChI=1S/C20H17F3IN3O4S/c21-20(22,23)30-16-4-6-18(7-5-16)32(28,29)27-9-8-17(11-19(27)24)31-26-13-15-3-1-2-14(10-15)12-25/h1-7,10,13,17,19H,8-9,11H2. The fourth-order valence-corrected chi connectivity index (χ4v) is 6.27. The Bertz CT molecular complexity index is 1120. The number of alkyl halides is 4. The molecule has 1 aliphatic heterocycles. The van der Waals surface area contributed by atoms with E-state index in [1.165, 1.54) is 10.5 Å². The van der Waals surface area contributed by atoms with Crippen LogP contribution in [0.2, 0.25) is 0 Å². The van der Waals surface area contributed by atoms with E-state index in [2.05, 4.69) is 9.89 Å². The Balaban J connectivity index is 1.60. The molecule has 0 amide bonds. The third-order valence-corrected chi connectivity index (χ3v) is 8.01. The number of nitrogens with zero attached hydrogens (tertiary/aromatic N) is 3. The van der Waals surface area contributed by atoms with Crippen LogP contribution in [-0.2, 0) is 14.9 Å². The lowest BCUT2D eigenvalue weighted by Gasteiger charge is -2.34. The number of hydrogen-bond donors (Lipinski definition) is 0. The summed E-state index contributed by atoms with van der Waals surface area (Å²) in [5.74, 6) is -0.493. The summed E-state index contributed by atoms with van der Waals surface area (Å²) in [5, 5.41) is 12.9. The molecule has 12 heteroatoms. The maximum Gasteiger partial charge on any atom is 0.573 e. The number of nitriles is 1. The van der Waals surface area contributed by atoms with Gasteiger partial charge < -0.3 is 9.57 Å². The molecule has 1 fully saturated rings. The number of hydrogen-bond acceptors (Lipinski definition) is 6. The highest BCUT2D eigenvalue weighted by atomic mass is 127. The number of piperidine rings is 1. The molecule has 0 aliphatic carbocycles. The van der Waals surface area contributed by atoms with Gasteiger partial charge in [-0.25, -0.2) is 8.42 Å². The Morgan fingerprint density at radius 3 is 2.56 bits per heavy atom. The molecule has 2 aromatic rings. The Morgan fingerprint density at radius 2 is 1.94 bits per heavy atom. The Kier molecular flexibility index (Phi) is 7.63. The van der Waals surface area contributed by atoms with Crippen LogP contribution in [0.4, 0.5) is 13.2 Å². The van der Waals surface area contributed by atoms with E-state index in [4.69, 9.17) is 10.1 Å². The van der Waals surface area contributed by atoms with Gasteiger partial charge in [0.15, 0.2) is 0 Å². The molecule has 2 unspecified atom stereocenters. The average molecular weight is 579 g/mol. The van der Waals surface area contributed by atoms with E-state index in [0.717, 1.165) is 24.3 Å². The van der Waals surface area contributed by atoms with Gasteiger partial charge in [0.2, 0.25) is 10.0 Å². The summed E-state index contributed by atoms with van der Waals surface area (Å²) < 4.78 is 67.3. The molecular weight excluding hydrogens is 562 g/mol. The summed E-state index contributed by atoms with van der Waals surface area (Å²) in [5.41, 5.74) is 1.20. The monoisotopic (exact) mass is 579 g/mol. The maximum absolute atomic E-state index is 12.9. The molecule has 170 valence electrons. The van der Waals surface area contributed by atoms with E-state index in [0.29, 0.717) is 24.0 Å². The maximum atomic E-state index is 12.9. The third kappa shape index (κ3) is 6.33. The van der Waals surface area contributed by atoms with Gasteiger partial charge in [-0.2, -0.15) is 9.57 Å². The normalized spacial score (nSPS) is 20.1. The molecule has 0 saturated carbocycles. The second-order valence-electron chi connectivity index (χ2n) is 6.79. The van der Waals surface area contributed by atoms with Crippen LogP contribution in [0.15, 0.2) is 58.6 Å². The minimum absolute atomic E-state index is 0.122. The molecule has 1 aliphatic rings. The van der Waals surface area contributed by atoms with Crippen molar-refractivity contribution in [3.8, 4) is 11.8 Å². The van der Waals surface area contributed by atoms with E-state index in [1.807, 2.05) is 28.7 Å². The lowest BCUT2D eigenvalue weighted by atomic mass is 10.1. The molecule has 7 nitrogen and oxygen atoms in total. The fraction of sp³-hybridized carbons (Fsp3) is 0.300. The molecular formula is C20H17F3IN3O4S. The van der Waals surface area contributed by atoms with Crippen molar-refractivity contribution in [2.75, 3.05) is 6.54 Å². The topological polar surface area (TPSA) is 92.0 Å². The van der Waals surface area contributed by atoms with E-state index in [1.54, 1.807) is 24.3 Å². The summed E-state index contributed by atoms with van der Waals surface area (Å²) in [7, 11) is -3.90. The fourth-order valence-electron chi connectivity index (χ4n) is 3.04. The molecule has 32 heavy (non-hydrogen) atoms. The molecule has 3 rings (SSSR count). The number of sulfonamides is 1. The summed E-state index contributed by atoms with van der Waals surface area (Å²) in [6, 6.07) is 13.0. The van der Waals surface area contributed by atoms with Gasteiger partial charge >= 0.3 is 6.36 Å². The first-order chi connectivity index (χ1) is 15.1. The van der Waals surface area contributed by atoms with Crippen molar-refractivity contribution in [1.82, 2.24) is 4.31 Å². The number of benzene rings is 2. The largest absolute Gasteiger partial charge is 0.573 e. The van der Waals surface area contributed by atoms with Gasteiger partial charge in [-0.1, -0.05) is 39.9 Å². The lowest BCUT2D eigenvalue weighted by Crippen LogP contribution is -2.44. The minimum atomic E-state index is -4.85. The van der Waals surface area contributed by atoms with E-state index in [-0.39, 0.29) is 17.5 Å². The number of halogens is 4. The zero-order valence-electron chi connectivity index (χ0n) is 16.4. The zero-order chi connectivity index (χ0) is 23.4. The molecule has 0 spiro atoms. The van der Waals surface area contributed by atoms with Gasteiger partial charge in [0, 0.05) is 19.4 Å². The molecule has 1 heterocycles. The average Bonchev–Trinajstić information content (AvgIpc) is 2.73. The Morgan fingerprint density at radius 1 is 1.22 bits per heavy atom.